The highest BCUT2D eigenvalue weighted by Crippen LogP contribution is 2.26. The number of carbonyl (C=O) groups excluding carboxylic acids is 1. The first-order valence-electron chi connectivity index (χ1n) is 3.57. The summed E-state index contributed by atoms with van der Waals surface area (Å²) in [7, 11) is 0. The van der Waals surface area contributed by atoms with E-state index in [1.54, 1.807) is 13.8 Å². The Balaban J connectivity index is 3.53. The van der Waals surface area contributed by atoms with Crippen molar-refractivity contribution >= 4 is 29.1 Å². The molecule has 0 saturated carbocycles. The number of nitrogens with zero attached hydrogens (tertiary/aromatic N) is 1. The van der Waals surface area contributed by atoms with Gasteiger partial charge in [0.05, 0.1) is 16.3 Å². The van der Waals surface area contributed by atoms with Gasteiger partial charge in [0.25, 0.3) is 5.91 Å². The normalized spacial score (nSPS) is 10.2. The van der Waals surface area contributed by atoms with Gasteiger partial charge in [-0.15, -0.1) is 0 Å². The summed E-state index contributed by atoms with van der Waals surface area (Å²) in [5, 5.41) is 0.533. The molecule has 1 aromatic heterocycles. The zero-order valence-electron chi connectivity index (χ0n) is 7.19. The molecule has 3 nitrogen and oxygen atoms in total. The maximum atomic E-state index is 10.9. The fourth-order valence-electron chi connectivity index (χ4n) is 1.07. The van der Waals surface area contributed by atoms with E-state index in [9.17, 15) is 4.79 Å². The van der Waals surface area contributed by atoms with Crippen LogP contribution in [0.3, 0.4) is 0 Å². The summed E-state index contributed by atoms with van der Waals surface area (Å²) in [6.45, 7) is 3.40. The van der Waals surface area contributed by atoms with Crippen molar-refractivity contribution in [3.8, 4) is 0 Å². The molecule has 13 heavy (non-hydrogen) atoms. The van der Waals surface area contributed by atoms with Crippen LogP contribution in [0.4, 0.5) is 0 Å². The molecule has 0 radical (unpaired) electrons. The van der Waals surface area contributed by atoms with Crippen molar-refractivity contribution in [2.24, 2.45) is 5.73 Å². The van der Waals surface area contributed by atoms with Gasteiger partial charge in [0, 0.05) is 0 Å². The highest BCUT2D eigenvalue weighted by molar-refractivity contribution is 6.35. The van der Waals surface area contributed by atoms with Crippen LogP contribution in [0, 0.1) is 13.8 Å². The number of amides is 1. The molecular formula is C8H8Cl2N2O. The van der Waals surface area contributed by atoms with Gasteiger partial charge in [0.1, 0.15) is 5.15 Å². The molecule has 0 aliphatic carbocycles. The molecule has 1 aromatic rings. The Morgan fingerprint density at radius 1 is 1.38 bits per heavy atom. The topological polar surface area (TPSA) is 56.0 Å². The van der Waals surface area contributed by atoms with Crippen molar-refractivity contribution < 1.29 is 4.79 Å². The molecular weight excluding hydrogens is 211 g/mol. The third-order valence-corrected chi connectivity index (χ3v) is 2.57. The summed E-state index contributed by atoms with van der Waals surface area (Å²) in [6.07, 6.45) is 0. The van der Waals surface area contributed by atoms with Gasteiger partial charge in [-0.25, -0.2) is 4.98 Å². The molecule has 0 atom stereocenters. The minimum absolute atomic E-state index is 0.104. The summed E-state index contributed by atoms with van der Waals surface area (Å²) in [6, 6.07) is 0. The van der Waals surface area contributed by atoms with E-state index in [2.05, 4.69) is 4.98 Å². The Morgan fingerprint density at radius 2 is 1.92 bits per heavy atom. The number of rotatable bonds is 1. The largest absolute Gasteiger partial charge is 0.365 e. The molecule has 0 aliphatic heterocycles. The van der Waals surface area contributed by atoms with Crippen molar-refractivity contribution in [1.29, 1.82) is 0 Å². The average molecular weight is 219 g/mol. The van der Waals surface area contributed by atoms with Crippen molar-refractivity contribution in [2.75, 3.05) is 0 Å². The Bertz CT molecular complexity index is 377. The SMILES string of the molecule is Cc1nc(Cl)c(C(N)=O)c(C)c1Cl. The Labute approximate surface area is 85.9 Å². The van der Waals surface area contributed by atoms with E-state index in [-0.39, 0.29) is 10.7 Å². The van der Waals surface area contributed by atoms with Crippen molar-refractivity contribution in [3.63, 3.8) is 0 Å². The van der Waals surface area contributed by atoms with Crippen LogP contribution in [-0.4, -0.2) is 10.9 Å². The van der Waals surface area contributed by atoms with Gasteiger partial charge in [0.15, 0.2) is 0 Å². The van der Waals surface area contributed by atoms with E-state index in [4.69, 9.17) is 28.9 Å². The van der Waals surface area contributed by atoms with Gasteiger partial charge >= 0.3 is 0 Å². The number of aryl methyl sites for hydroxylation is 1. The number of aromatic nitrogens is 1. The second-order valence-corrected chi connectivity index (χ2v) is 3.40. The van der Waals surface area contributed by atoms with Gasteiger partial charge in [-0.1, -0.05) is 23.2 Å². The lowest BCUT2D eigenvalue weighted by Crippen LogP contribution is -2.15. The fraction of sp³-hybridized carbons (Fsp3) is 0.250. The van der Waals surface area contributed by atoms with Crippen LogP contribution >= 0.6 is 23.2 Å². The lowest BCUT2D eigenvalue weighted by Gasteiger charge is -2.07. The van der Waals surface area contributed by atoms with Crippen LogP contribution in [0.1, 0.15) is 21.6 Å². The van der Waals surface area contributed by atoms with Crippen molar-refractivity contribution in [1.82, 2.24) is 4.98 Å². The zero-order chi connectivity index (χ0) is 10.2. The Kier molecular flexibility index (Phi) is 2.78. The Hall–Kier alpha value is -0.800. The van der Waals surface area contributed by atoms with E-state index in [0.717, 1.165) is 0 Å². The lowest BCUT2D eigenvalue weighted by molar-refractivity contribution is 0.0999. The van der Waals surface area contributed by atoms with Gasteiger partial charge < -0.3 is 5.73 Å². The molecule has 0 aromatic carbocycles. The maximum absolute atomic E-state index is 10.9. The second-order valence-electron chi connectivity index (χ2n) is 2.67. The van der Waals surface area contributed by atoms with Crippen molar-refractivity contribution in [3.05, 3.63) is 27.0 Å². The van der Waals surface area contributed by atoms with Gasteiger partial charge in [-0.3, -0.25) is 4.79 Å². The van der Waals surface area contributed by atoms with Crippen LogP contribution in [-0.2, 0) is 0 Å². The first-order chi connectivity index (χ1) is 5.95. The molecule has 0 fully saturated rings. The molecule has 0 unspecified atom stereocenters. The molecule has 0 saturated heterocycles. The number of nitrogens with two attached hydrogens (primary N) is 1. The van der Waals surface area contributed by atoms with E-state index >= 15 is 0 Å². The van der Waals surface area contributed by atoms with Gasteiger partial charge in [0.2, 0.25) is 0 Å². The number of hydrogen-bond donors (Lipinski definition) is 1. The Morgan fingerprint density at radius 3 is 2.38 bits per heavy atom. The predicted octanol–water partition coefficient (Wildman–Crippen LogP) is 2.10. The fourth-order valence-corrected chi connectivity index (χ4v) is 1.57. The first kappa shape index (κ1) is 10.3. The van der Waals surface area contributed by atoms with E-state index in [1.807, 2.05) is 0 Å². The smallest absolute Gasteiger partial charge is 0.252 e. The van der Waals surface area contributed by atoms with Crippen LogP contribution in [0.2, 0.25) is 10.2 Å². The number of halogens is 2. The molecule has 0 bridgehead atoms. The molecule has 70 valence electrons. The minimum atomic E-state index is -0.614. The monoisotopic (exact) mass is 218 g/mol. The van der Waals surface area contributed by atoms with Gasteiger partial charge in [-0.05, 0) is 19.4 Å². The number of pyridine rings is 1. The van der Waals surface area contributed by atoms with E-state index < -0.39 is 5.91 Å². The molecule has 1 rings (SSSR count). The summed E-state index contributed by atoms with van der Waals surface area (Å²) in [5.41, 5.74) is 6.47. The maximum Gasteiger partial charge on any atom is 0.252 e. The van der Waals surface area contributed by atoms with Crippen LogP contribution in [0.15, 0.2) is 0 Å². The quantitative estimate of drug-likeness (QED) is 0.735. The average Bonchev–Trinajstić information content (AvgIpc) is 1.99. The first-order valence-corrected chi connectivity index (χ1v) is 4.32. The molecule has 2 N–H and O–H groups in total. The third-order valence-electron chi connectivity index (χ3n) is 1.74. The molecule has 0 spiro atoms. The number of primary amides is 1. The van der Waals surface area contributed by atoms with Crippen LogP contribution in [0.5, 0.6) is 0 Å². The number of hydrogen-bond acceptors (Lipinski definition) is 2. The van der Waals surface area contributed by atoms with Crippen molar-refractivity contribution in [2.45, 2.75) is 13.8 Å². The molecule has 5 heteroatoms. The molecule has 1 heterocycles. The second kappa shape index (κ2) is 3.52. The standard InChI is InChI=1S/C8H8Cl2N2O/c1-3-5(8(11)13)7(10)12-4(2)6(3)9/h1-2H3,(H2,11,13). The van der Waals surface area contributed by atoms with E-state index in [0.29, 0.717) is 16.3 Å². The number of carbonyl (C=O) groups is 1. The summed E-state index contributed by atoms with van der Waals surface area (Å²) >= 11 is 11.6. The molecule has 0 aliphatic rings. The lowest BCUT2D eigenvalue weighted by atomic mass is 10.1. The highest BCUT2D eigenvalue weighted by atomic mass is 35.5. The summed E-state index contributed by atoms with van der Waals surface area (Å²) < 4.78 is 0. The van der Waals surface area contributed by atoms with E-state index in [1.165, 1.54) is 0 Å². The molecule has 1 amide bonds. The van der Waals surface area contributed by atoms with Crippen LogP contribution in [0.25, 0.3) is 0 Å². The summed E-state index contributed by atoms with van der Waals surface area (Å²) in [4.78, 5) is 14.8. The van der Waals surface area contributed by atoms with Crippen LogP contribution < -0.4 is 5.73 Å². The minimum Gasteiger partial charge on any atom is -0.365 e. The van der Waals surface area contributed by atoms with Gasteiger partial charge in [-0.2, -0.15) is 0 Å². The zero-order valence-corrected chi connectivity index (χ0v) is 8.70. The summed E-state index contributed by atoms with van der Waals surface area (Å²) in [5.74, 6) is -0.614. The highest BCUT2D eigenvalue weighted by Gasteiger charge is 2.15. The predicted molar refractivity (Wildman–Crippen MR) is 52.2 cm³/mol. The third kappa shape index (κ3) is 1.76.